The summed E-state index contributed by atoms with van der Waals surface area (Å²) in [6.07, 6.45) is 2.20. The molecule has 1 fully saturated rings. The largest absolute Gasteiger partial charge is 0.301 e. The molecule has 1 aromatic carbocycles. The van der Waals surface area contributed by atoms with Crippen molar-refractivity contribution in [2.24, 2.45) is 0 Å². The highest BCUT2D eigenvalue weighted by molar-refractivity contribution is 7.88. The van der Waals surface area contributed by atoms with Crippen molar-refractivity contribution in [3.05, 3.63) is 24.0 Å². The molecule has 3 rings (SSSR count). The lowest BCUT2D eigenvalue weighted by Crippen LogP contribution is -2.42. The fourth-order valence-electron chi connectivity index (χ4n) is 2.56. The second-order valence-corrected chi connectivity index (χ2v) is 8.09. The molecule has 1 amide bonds. The first-order chi connectivity index (χ1) is 10.4. The van der Waals surface area contributed by atoms with E-state index in [0.717, 1.165) is 17.6 Å². The Hall–Kier alpha value is -1.58. The third-order valence-electron chi connectivity index (χ3n) is 3.53. The molecule has 2 heterocycles. The van der Waals surface area contributed by atoms with E-state index >= 15 is 0 Å². The highest BCUT2D eigenvalue weighted by Gasteiger charge is 2.36. The third-order valence-corrected chi connectivity index (χ3v) is 5.76. The second kappa shape index (κ2) is 5.56. The van der Waals surface area contributed by atoms with Crippen LogP contribution in [0.5, 0.6) is 0 Å². The van der Waals surface area contributed by atoms with E-state index in [1.807, 2.05) is 0 Å². The van der Waals surface area contributed by atoms with E-state index in [-0.39, 0.29) is 10.6 Å². The summed E-state index contributed by atoms with van der Waals surface area (Å²) < 4.78 is 38.8. The summed E-state index contributed by atoms with van der Waals surface area (Å²) in [7, 11) is -3.42. The monoisotopic (exact) mass is 343 g/mol. The Morgan fingerprint density at radius 2 is 2.27 bits per heavy atom. The third kappa shape index (κ3) is 2.83. The zero-order valence-electron chi connectivity index (χ0n) is 11.7. The van der Waals surface area contributed by atoms with Gasteiger partial charge in [0.05, 0.1) is 11.0 Å². The molecule has 1 aliphatic rings. The Morgan fingerprint density at radius 3 is 2.95 bits per heavy atom. The molecule has 0 unspecified atom stereocenters. The highest BCUT2D eigenvalue weighted by atomic mass is 32.2. The van der Waals surface area contributed by atoms with Gasteiger partial charge in [0.15, 0.2) is 5.13 Å². The number of para-hydroxylation sites is 1. The first kappa shape index (κ1) is 15.3. The summed E-state index contributed by atoms with van der Waals surface area (Å²) in [4.78, 5) is 16.3. The van der Waals surface area contributed by atoms with Crippen LogP contribution in [0.3, 0.4) is 0 Å². The predicted octanol–water partition coefficient (Wildman–Crippen LogP) is 1.80. The number of hydrogen-bond acceptors (Lipinski definition) is 5. The van der Waals surface area contributed by atoms with Gasteiger partial charge >= 0.3 is 0 Å². The van der Waals surface area contributed by atoms with Gasteiger partial charge in [0, 0.05) is 6.54 Å². The number of hydrogen-bond donors (Lipinski definition) is 1. The van der Waals surface area contributed by atoms with Crippen molar-refractivity contribution in [1.29, 1.82) is 0 Å². The highest BCUT2D eigenvalue weighted by Crippen LogP contribution is 2.28. The topological polar surface area (TPSA) is 79.4 Å². The number of carbonyl (C=O) groups is 1. The molecule has 1 aromatic heterocycles. The zero-order valence-corrected chi connectivity index (χ0v) is 13.4. The molecule has 0 spiro atoms. The van der Waals surface area contributed by atoms with Gasteiger partial charge in [-0.3, -0.25) is 4.79 Å². The van der Waals surface area contributed by atoms with E-state index in [0.29, 0.717) is 24.1 Å². The van der Waals surface area contributed by atoms with E-state index in [9.17, 15) is 17.6 Å². The number of halogens is 1. The van der Waals surface area contributed by atoms with Crippen LogP contribution in [-0.4, -0.2) is 42.5 Å². The number of nitrogens with one attached hydrogen (secondary N) is 1. The maximum Gasteiger partial charge on any atom is 0.244 e. The SMILES string of the molecule is CS(=O)(=O)N1CCC[C@H]1C(=O)Nc1nc2c(F)cccc2s1. The average Bonchev–Trinajstić information content (AvgIpc) is 3.04. The van der Waals surface area contributed by atoms with Crippen molar-refractivity contribution in [2.45, 2.75) is 18.9 Å². The van der Waals surface area contributed by atoms with Crippen LogP contribution in [0.4, 0.5) is 9.52 Å². The lowest BCUT2D eigenvalue weighted by atomic mass is 10.2. The molecule has 1 aliphatic heterocycles. The Balaban J connectivity index is 1.82. The van der Waals surface area contributed by atoms with Crippen LogP contribution in [0.25, 0.3) is 10.2 Å². The number of carbonyl (C=O) groups excluding carboxylic acids is 1. The van der Waals surface area contributed by atoms with Crippen LogP contribution in [0.2, 0.25) is 0 Å². The molecule has 2 aromatic rings. The molecule has 6 nitrogen and oxygen atoms in total. The predicted molar refractivity (Wildman–Crippen MR) is 82.8 cm³/mol. The second-order valence-electron chi connectivity index (χ2n) is 5.13. The first-order valence-electron chi connectivity index (χ1n) is 6.69. The van der Waals surface area contributed by atoms with E-state index in [2.05, 4.69) is 10.3 Å². The van der Waals surface area contributed by atoms with Crippen LogP contribution in [0, 0.1) is 5.82 Å². The van der Waals surface area contributed by atoms with Crippen LogP contribution in [0.1, 0.15) is 12.8 Å². The van der Waals surface area contributed by atoms with E-state index < -0.39 is 27.8 Å². The van der Waals surface area contributed by atoms with Gasteiger partial charge in [-0.15, -0.1) is 0 Å². The lowest BCUT2D eigenvalue weighted by molar-refractivity contribution is -0.119. The molecule has 0 radical (unpaired) electrons. The zero-order chi connectivity index (χ0) is 15.9. The van der Waals surface area contributed by atoms with Crippen molar-refractivity contribution < 1.29 is 17.6 Å². The molecule has 9 heteroatoms. The molecule has 1 atom stereocenters. The number of fused-ring (bicyclic) bond motifs is 1. The van der Waals surface area contributed by atoms with Gasteiger partial charge in [-0.05, 0) is 25.0 Å². The van der Waals surface area contributed by atoms with Crippen LogP contribution < -0.4 is 5.32 Å². The Morgan fingerprint density at radius 1 is 1.50 bits per heavy atom. The summed E-state index contributed by atoms with van der Waals surface area (Å²) in [6, 6.07) is 3.86. The van der Waals surface area contributed by atoms with Gasteiger partial charge in [0.1, 0.15) is 17.4 Å². The van der Waals surface area contributed by atoms with Gasteiger partial charge in [-0.25, -0.2) is 17.8 Å². The summed E-state index contributed by atoms with van der Waals surface area (Å²) in [5.41, 5.74) is 0.203. The number of nitrogens with zero attached hydrogens (tertiary/aromatic N) is 2. The number of anilines is 1. The van der Waals surface area contributed by atoms with Crippen molar-refractivity contribution >= 4 is 42.6 Å². The molecule has 118 valence electrons. The summed E-state index contributed by atoms with van der Waals surface area (Å²) in [5.74, 6) is -0.879. The van der Waals surface area contributed by atoms with E-state index in [4.69, 9.17) is 0 Å². The number of aromatic nitrogens is 1. The summed E-state index contributed by atoms with van der Waals surface area (Å²) in [6.45, 7) is 0.339. The van der Waals surface area contributed by atoms with Gasteiger partial charge in [0.2, 0.25) is 15.9 Å². The summed E-state index contributed by atoms with van der Waals surface area (Å²) in [5, 5.41) is 2.87. The quantitative estimate of drug-likeness (QED) is 0.922. The summed E-state index contributed by atoms with van der Waals surface area (Å²) >= 11 is 1.16. The van der Waals surface area contributed by atoms with Crippen molar-refractivity contribution in [3.63, 3.8) is 0 Å². The molecule has 1 N–H and O–H groups in total. The van der Waals surface area contributed by atoms with Crippen LogP contribution in [0.15, 0.2) is 18.2 Å². The smallest absolute Gasteiger partial charge is 0.244 e. The standard InChI is InChI=1S/C13H14FN3O3S2/c1-22(19,20)17-7-3-5-9(17)12(18)16-13-15-11-8(14)4-2-6-10(11)21-13/h2,4,6,9H,3,5,7H2,1H3,(H,15,16,18)/t9-/m0/s1. The normalized spacial score (nSPS) is 19.6. The minimum Gasteiger partial charge on any atom is -0.301 e. The fourth-order valence-corrected chi connectivity index (χ4v) is 4.56. The van der Waals surface area contributed by atoms with E-state index in [1.54, 1.807) is 12.1 Å². The number of amides is 1. The first-order valence-corrected chi connectivity index (χ1v) is 9.35. The molecule has 1 saturated heterocycles. The number of rotatable bonds is 3. The minimum absolute atomic E-state index is 0.203. The van der Waals surface area contributed by atoms with Gasteiger partial charge in [-0.1, -0.05) is 17.4 Å². The van der Waals surface area contributed by atoms with Crippen molar-refractivity contribution in [2.75, 3.05) is 18.1 Å². The Bertz CT molecular complexity index is 834. The van der Waals surface area contributed by atoms with Gasteiger partial charge < -0.3 is 5.32 Å². The number of benzene rings is 1. The number of sulfonamides is 1. The van der Waals surface area contributed by atoms with Crippen molar-refractivity contribution in [3.8, 4) is 0 Å². The molecule has 0 bridgehead atoms. The molecular formula is C13H14FN3O3S2. The Labute approximate surface area is 131 Å². The molecule has 0 saturated carbocycles. The average molecular weight is 343 g/mol. The van der Waals surface area contributed by atoms with Crippen molar-refractivity contribution in [1.82, 2.24) is 9.29 Å². The van der Waals surface area contributed by atoms with E-state index in [1.165, 1.54) is 10.4 Å². The number of thiazole rings is 1. The maximum atomic E-state index is 13.6. The Kier molecular flexibility index (Phi) is 3.87. The molecular weight excluding hydrogens is 329 g/mol. The fraction of sp³-hybridized carbons (Fsp3) is 0.385. The van der Waals surface area contributed by atoms with Gasteiger partial charge in [0.25, 0.3) is 0 Å². The molecule has 0 aliphatic carbocycles. The maximum absolute atomic E-state index is 13.6. The molecule has 22 heavy (non-hydrogen) atoms. The van der Waals surface area contributed by atoms with Crippen LogP contribution in [-0.2, 0) is 14.8 Å². The van der Waals surface area contributed by atoms with Crippen LogP contribution >= 0.6 is 11.3 Å². The van der Waals surface area contributed by atoms with Gasteiger partial charge in [-0.2, -0.15) is 4.31 Å². The lowest BCUT2D eigenvalue weighted by Gasteiger charge is -2.20. The minimum atomic E-state index is -3.42.